The first-order valence-corrected chi connectivity index (χ1v) is 6.80. The normalized spacial score (nSPS) is 27.4. The van der Waals surface area contributed by atoms with Gasteiger partial charge in [0.1, 0.15) is 11.6 Å². The van der Waals surface area contributed by atoms with Gasteiger partial charge in [0, 0.05) is 6.54 Å². The van der Waals surface area contributed by atoms with Crippen LogP contribution < -0.4 is 5.32 Å². The highest BCUT2D eigenvalue weighted by atomic mass is 19.1. The zero-order chi connectivity index (χ0) is 13.2. The summed E-state index contributed by atoms with van der Waals surface area (Å²) in [5.74, 6) is -0.113. The van der Waals surface area contributed by atoms with Crippen molar-refractivity contribution in [2.75, 3.05) is 13.2 Å². The number of hydrogen-bond donors (Lipinski definition) is 1. The van der Waals surface area contributed by atoms with E-state index in [-0.39, 0.29) is 11.8 Å². The quantitative estimate of drug-likeness (QED) is 0.829. The largest absolute Gasteiger partial charge is 0.340 e. The molecule has 4 nitrogen and oxygen atoms in total. The maximum atomic E-state index is 12.6. The summed E-state index contributed by atoms with van der Waals surface area (Å²) in [6.07, 6.45) is 4.80. The summed E-state index contributed by atoms with van der Waals surface area (Å²) in [6.45, 7) is 1.60. The van der Waals surface area contributed by atoms with Gasteiger partial charge in [0.25, 0.3) is 0 Å². The van der Waals surface area contributed by atoms with Crippen LogP contribution in [0.2, 0.25) is 0 Å². The van der Waals surface area contributed by atoms with Gasteiger partial charge in [0.15, 0.2) is 0 Å². The summed E-state index contributed by atoms with van der Waals surface area (Å²) >= 11 is 0. The van der Waals surface area contributed by atoms with Gasteiger partial charge in [-0.05, 0) is 26.2 Å². The van der Waals surface area contributed by atoms with Crippen molar-refractivity contribution in [1.82, 2.24) is 10.2 Å². The molecular formula is C13H21FN2O2. The van der Waals surface area contributed by atoms with E-state index in [0.717, 1.165) is 32.1 Å². The maximum Gasteiger partial charge on any atom is 0.248 e. The molecule has 1 N–H and O–H groups in total. The van der Waals surface area contributed by atoms with E-state index in [9.17, 15) is 14.0 Å². The molecule has 1 atom stereocenters. The number of rotatable bonds is 3. The number of alkyl halides is 1. The minimum Gasteiger partial charge on any atom is -0.340 e. The van der Waals surface area contributed by atoms with Crippen LogP contribution in [0, 0.1) is 0 Å². The van der Waals surface area contributed by atoms with Crippen molar-refractivity contribution in [2.24, 2.45) is 0 Å². The number of nitrogens with zero attached hydrogens (tertiary/aromatic N) is 1. The summed E-state index contributed by atoms with van der Waals surface area (Å²) in [7, 11) is 0. The first-order valence-electron chi connectivity index (χ1n) is 6.80. The number of halogens is 1. The Morgan fingerprint density at radius 2 is 2.00 bits per heavy atom. The van der Waals surface area contributed by atoms with Crippen molar-refractivity contribution in [1.29, 1.82) is 0 Å². The smallest absolute Gasteiger partial charge is 0.248 e. The first kappa shape index (κ1) is 13.3. The molecule has 2 fully saturated rings. The van der Waals surface area contributed by atoms with E-state index in [1.807, 2.05) is 0 Å². The van der Waals surface area contributed by atoms with Crippen molar-refractivity contribution < 1.29 is 14.0 Å². The number of nitrogens with one attached hydrogen (secondary N) is 1. The third-order valence-electron chi connectivity index (χ3n) is 4.12. The molecule has 1 saturated heterocycles. The molecule has 2 aliphatic rings. The lowest BCUT2D eigenvalue weighted by Gasteiger charge is -2.46. The average Bonchev–Trinajstić information content (AvgIpc) is 2.38. The van der Waals surface area contributed by atoms with E-state index in [4.69, 9.17) is 0 Å². The summed E-state index contributed by atoms with van der Waals surface area (Å²) in [6, 6.07) is -0.475. The van der Waals surface area contributed by atoms with E-state index >= 15 is 0 Å². The van der Waals surface area contributed by atoms with E-state index in [1.54, 1.807) is 11.8 Å². The molecule has 5 heteroatoms. The van der Waals surface area contributed by atoms with Gasteiger partial charge in [-0.2, -0.15) is 0 Å². The molecule has 0 aromatic heterocycles. The van der Waals surface area contributed by atoms with Gasteiger partial charge in [-0.15, -0.1) is 0 Å². The SMILES string of the molecule is CC1C(=O)NC2(CCCCC2)C(=O)N1CCCF. The van der Waals surface area contributed by atoms with Gasteiger partial charge < -0.3 is 10.2 Å². The van der Waals surface area contributed by atoms with Gasteiger partial charge in [-0.1, -0.05) is 19.3 Å². The van der Waals surface area contributed by atoms with Crippen molar-refractivity contribution in [2.45, 2.75) is 57.0 Å². The molecule has 102 valence electrons. The van der Waals surface area contributed by atoms with Crippen LogP contribution in [0.15, 0.2) is 0 Å². The van der Waals surface area contributed by atoms with Crippen molar-refractivity contribution in [3.05, 3.63) is 0 Å². The van der Waals surface area contributed by atoms with Crippen LogP contribution in [0.1, 0.15) is 45.4 Å². The Bertz CT molecular complexity index is 340. The molecule has 2 amide bonds. The van der Waals surface area contributed by atoms with E-state index in [1.165, 1.54) is 0 Å². The molecule has 0 aromatic rings. The van der Waals surface area contributed by atoms with Gasteiger partial charge in [-0.25, -0.2) is 0 Å². The van der Waals surface area contributed by atoms with E-state index in [2.05, 4.69) is 5.32 Å². The van der Waals surface area contributed by atoms with Crippen molar-refractivity contribution >= 4 is 11.8 Å². The second-order valence-electron chi connectivity index (χ2n) is 5.35. The Labute approximate surface area is 107 Å². The maximum absolute atomic E-state index is 12.6. The highest BCUT2D eigenvalue weighted by Gasteiger charge is 2.49. The number of carbonyl (C=O) groups is 2. The number of hydrogen-bond acceptors (Lipinski definition) is 2. The van der Waals surface area contributed by atoms with Crippen LogP contribution in [-0.2, 0) is 9.59 Å². The Kier molecular flexibility index (Phi) is 3.88. The molecule has 0 bridgehead atoms. The standard InChI is InChI=1S/C13H21FN2O2/c1-10-11(17)15-13(6-3-2-4-7-13)12(18)16(10)9-5-8-14/h10H,2-9H2,1H3,(H,15,17). The van der Waals surface area contributed by atoms with E-state index in [0.29, 0.717) is 13.0 Å². The molecule has 1 saturated carbocycles. The fourth-order valence-corrected chi connectivity index (χ4v) is 3.01. The number of carbonyl (C=O) groups excluding carboxylic acids is 2. The molecule has 0 aromatic carbocycles. The lowest BCUT2D eigenvalue weighted by molar-refractivity contribution is -0.156. The fourth-order valence-electron chi connectivity index (χ4n) is 3.01. The molecule has 2 rings (SSSR count). The Morgan fingerprint density at radius 3 is 2.61 bits per heavy atom. The second kappa shape index (κ2) is 5.24. The van der Waals surface area contributed by atoms with Crippen LogP contribution >= 0.6 is 0 Å². The molecule has 0 radical (unpaired) electrons. The highest BCUT2D eigenvalue weighted by molar-refractivity contribution is 5.99. The second-order valence-corrected chi connectivity index (χ2v) is 5.35. The van der Waals surface area contributed by atoms with Gasteiger partial charge in [0.05, 0.1) is 6.67 Å². The monoisotopic (exact) mass is 256 g/mol. The summed E-state index contributed by atoms with van der Waals surface area (Å²) in [5.41, 5.74) is -0.696. The summed E-state index contributed by atoms with van der Waals surface area (Å²) in [5, 5.41) is 2.91. The third-order valence-corrected chi connectivity index (χ3v) is 4.12. The van der Waals surface area contributed by atoms with Gasteiger partial charge in [0.2, 0.25) is 11.8 Å². The van der Waals surface area contributed by atoms with Crippen molar-refractivity contribution in [3.63, 3.8) is 0 Å². The molecule has 1 aliphatic heterocycles. The fraction of sp³-hybridized carbons (Fsp3) is 0.846. The summed E-state index contributed by atoms with van der Waals surface area (Å²) in [4.78, 5) is 26.1. The molecule has 1 heterocycles. The Morgan fingerprint density at radius 1 is 1.33 bits per heavy atom. The Balaban J connectivity index is 2.18. The number of piperazine rings is 1. The van der Waals surface area contributed by atoms with Crippen LogP contribution in [0.3, 0.4) is 0 Å². The lowest BCUT2D eigenvalue weighted by Crippen LogP contribution is -2.70. The van der Waals surface area contributed by atoms with Crippen molar-refractivity contribution in [3.8, 4) is 0 Å². The molecule has 1 aliphatic carbocycles. The van der Waals surface area contributed by atoms with Gasteiger partial charge >= 0.3 is 0 Å². The predicted octanol–water partition coefficient (Wildman–Crippen LogP) is 1.40. The minimum atomic E-state index is -0.696. The zero-order valence-corrected chi connectivity index (χ0v) is 10.9. The zero-order valence-electron chi connectivity index (χ0n) is 10.9. The highest BCUT2D eigenvalue weighted by Crippen LogP contribution is 2.33. The average molecular weight is 256 g/mol. The first-order chi connectivity index (χ1) is 8.60. The van der Waals surface area contributed by atoms with Crippen LogP contribution in [0.25, 0.3) is 0 Å². The molecule has 1 unspecified atom stereocenters. The van der Waals surface area contributed by atoms with Crippen LogP contribution in [0.5, 0.6) is 0 Å². The predicted molar refractivity (Wildman–Crippen MR) is 65.7 cm³/mol. The lowest BCUT2D eigenvalue weighted by atomic mass is 9.78. The number of amides is 2. The minimum absolute atomic E-state index is 0.0113. The van der Waals surface area contributed by atoms with Crippen LogP contribution in [-0.4, -0.2) is 41.5 Å². The molecule has 18 heavy (non-hydrogen) atoms. The summed E-state index contributed by atoms with van der Waals surface area (Å²) < 4.78 is 12.3. The molecular weight excluding hydrogens is 235 g/mol. The van der Waals surface area contributed by atoms with Crippen LogP contribution in [0.4, 0.5) is 4.39 Å². The molecule has 1 spiro atoms. The van der Waals surface area contributed by atoms with Gasteiger partial charge in [-0.3, -0.25) is 14.0 Å². The van der Waals surface area contributed by atoms with E-state index < -0.39 is 18.3 Å². The Hall–Kier alpha value is -1.13. The topological polar surface area (TPSA) is 49.4 Å². The third kappa shape index (κ3) is 2.22.